The third-order valence-electron chi connectivity index (χ3n) is 3.56. The van der Waals surface area contributed by atoms with Crippen LogP contribution in [0.2, 0.25) is 0 Å². The largest absolute Gasteiger partial charge is 0.490 e. The van der Waals surface area contributed by atoms with Crippen LogP contribution in [0.15, 0.2) is 47.6 Å². The van der Waals surface area contributed by atoms with Crippen LogP contribution in [-0.2, 0) is 16.0 Å². The normalized spacial score (nSPS) is 10.5. The summed E-state index contributed by atoms with van der Waals surface area (Å²) in [7, 11) is 0. The van der Waals surface area contributed by atoms with Crippen LogP contribution >= 0.6 is 0 Å². The number of nitrogens with one attached hydrogen (secondary N) is 1. The molecule has 0 radical (unpaired) electrons. The Kier molecular flexibility index (Phi) is 7.66. The molecule has 0 bridgehead atoms. The molecule has 0 spiro atoms. The van der Waals surface area contributed by atoms with Crippen LogP contribution in [0.4, 0.5) is 5.69 Å². The standard InChI is InChI=1S/C19H19N3O7/c1-2-28-17-9-13(7-8-16(17)29-12-19(24)25)11-20-21-18(23)10-14-5-3-4-6-15(14)22(26)27/h3-9,11H,2,10,12H2,1H3,(H,21,23)(H,24,25)/b20-11+. The SMILES string of the molecule is CCOc1cc(/C=N/NC(=O)Cc2ccccc2[N+](=O)[O-])ccc1OCC(=O)O. The lowest BCUT2D eigenvalue weighted by atomic mass is 10.1. The number of carboxylic acid groups (broad SMARTS) is 1. The van der Waals surface area contributed by atoms with Crippen LogP contribution in [-0.4, -0.2) is 41.3 Å². The van der Waals surface area contributed by atoms with Crippen molar-refractivity contribution < 1.29 is 29.1 Å². The lowest BCUT2D eigenvalue weighted by Gasteiger charge is -2.11. The maximum Gasteiger partial charge on any atom is 0.341 e. The smallest absolute Gasteiger partial charge is 0.341 e. The number of para-hydroxylation sites is 1. The Labute approximate surface area is 165 Å². The number of hydrazone groups is 1. The molecule has 0 saturated heterocycles. The van der Waals surface area contributed by atoms with E-state index >= 15 is 0 Å². The molecule has 0 aromatic heterocycles. The van der Waals surface area contributed by atoms with Crippen molar-refractivity contribution in [2.24, 2.45) is 5.10 Å². The highest BCUT2D eigenvalue weighted by atomic mass is 16.6. The Balaban J connectivity index is 2.02. The van der Waals surface area contributed by atoms with E-state index in [-0.39, 0.29) is 23.4 Å². The predicted molar refractivity (Wildman–Crippen MR) is 103 cm³/mol. The minimum atomic E-state index is -1.11. The molecular formula is C19H19N3O7. The summed E-state index contributed by atoms with van der Waals surface area (Å²) >= 11 is 0. The van der Waals surface area contributed by atoms with Gasteiger partial charge < -0.3 is 14.6 Å². The molecule has 0 aliphatic carbocycles. The molecule has 2 rings (SSSR count). The van der Waals surface area contributed by atoms with Crippen LogP contribution in [0.25, 0.3) is 0 Å². The van der Waals surface area contributed by atoms with Crippen molar-refractivity contribution in [1.82, 2.24) is 5.43 Å². The number of nitro groups is 1. The van der Waals surface area contributed by atoms with E-state index in [1.54, 1.807) is 25.1 Å². The number of carboxylic acids is 1. The molecule has 0 heterocycles. The summed E-state index contributed by atoms with van der Waals surface area (Å²) in [5, 5.41) is 23.5. The molecule has 10 nitrogen and oxygen atoms in total. The molecule has 2 aromatic rings. The molecule has 0 unspecified atom stereocenters. The number of benzene rings is 2. The molecule has 2 aromatic carbocycles. The number of rotatable bonds is 10. The molecule has 0 fully saturated rings. The number of nitrogens with zero attached hydrogens (tertiary/aromatic N) is 2. The van der Waals surface area contributed by atoms with Crippen LogP contribution in [0.1, 0.15) is 18.1 Å². The highest BCUT2D eigenvalue weighted by Crippen LogP contribution is 2.28. The Bertz CT molecular complexity index is 928. The Morgan fingerprint density at radius 3 is 2.66 bits per heavy atom. The number of aliphatic carboxylic acids is 1. The lowest BCUT2D eigenvalue weighted by molar-refractivity contribution is -0.385. The van der Waals surface area contributed by atoms with E-state index in [1.165, 1.54) is 30.5 Å². The van der Waals surface area contributed by atoms with Gasteiger partial charge in [-0.15, -0.1) is 0 Å². The van der Waals surface area contributed by atoms with Gasteiger partial charge in [0, 0.05) is 11.6 Å². The number of amides is 1. The molecule has 0 aliphatic heterocycles. The molecule has 2 N–H and O–H groups in total. The molecule has 152 valence electrons. The van der Waals surface area contributed by atoms with E-state index in [4.69, 9.17) is 14.6 Å². The van der Waals surface area contributed by atoms with Gasteiger partial charge in [-0.2, -0.15) is 5.10 Å². The molecule has 1 amide bonds. The first-order valence-electron chi connectivity index (χ1n) is 8.56. The number of hydrogen-bond donors (Lipinski definition) is 2. The maximum atomic E-state index is 12.0. The van der Waals surface area contributed by atoms with Crippen molar-refractivity contribution in [3.8, 4) is 11.5 Å². The molecule has 29 heavy (non-hydrogen) atoms. The quantitative estimate of drug-likeness (QED) is 0.353. The van der Waals surface area contributed by atoms with Crippen molar-refractivity contribution >= 4 is 23.8 Å². The van der Waals surface area contributed by atoms with Crippen LogP contribution < -0.4 is 14.9 Å². The van der Waals surface area contributed by atoms with Gasteiger partial charge in [0.25, 0.3) is 5.69 Å². The zero-order valence-electron chi connectivity index (χ0n) is 15.5. The van der Waals surface area contributed by atoms with Crippen molar-refractivity contribution in [3.05, 3.63) is 63.7 Å². The maximum absolute atomic E-state index is 12.0. The number of hydrogen-bond acceptors (Lipinski definition) is 7. The van der Waals surface area contributed by atoms with E-state index in [0.717, 1.165) is 0 Å². The monoisotopic (exact) mass is 401 g/mol. The van der Waals surface area contributed by atoms with Gasteiger partial charge in [0.1, 0.15) is 0 Å². The van der Waals surface area contributed by atoms with Gasteiger partial charge in [0.15, 0.2) is 18.1 Å². The number of ether oxygens (including phenoxy) is 2. The molecular weight excluding hydrogens is 382 g/mol. The van der Waals surface area contributed by atoms with E-state index in [1.807, 2.05) is 0 Å². The summed E-state index contributed by atoms with van der Waals surface area (Å²) in [6.07, 6.45) is 1.17. The first kappa shape index (κ1) is 21.4. The average molecular weight is 401 g/mol. The van der Waals surface area contributed by atoms with Gasteiger partial charge in [-0.25, -0.2) is 10.2 Å². The first-order chi connectivity index (χ1) is 13.9. The first-order valence-corrected chi connectivity index (χ1v) is 8.56. The van der Waals surface area contributed by atoms with Crippen LogP contribution in [0.5, 0.6) is 11.5 Å². The van der Waals surface area contributed by atoms with E-state index in [0.29, 0.717) is 17.9 Å². The van der Waals surface area contributed by atoms with Gasteiger partial charge >= 0.3 is 5.97 Å². The topological polar surface area (TPSA) is 140 Å². The Morgan fingerprint density at radius 2 is 1.97 bits per heavy atom. The second-order valence-corrected chi connectivity index (χ2v) is 5.68. The highest BCUT2D eigenvalue weighted by molar-refractivity contribution is 5.84. The van der Waals surface area contributed by atoms with Gasteiger partial charge in [-0.3, -0.25) is 14.9 Å². The summed E-state index contributed by atoms with van der Waals surface area (Å²) in [6.45, 7) is 1.61. The van der Waals surface area contributed by atoms with E-state index in [2.05, 4.69) is 10.5 Å². The van der Waals surface area contributed by atoms with Crippen molar-refractivity contribution in [2.45, 2.75) is 13.3 Å². The molecule has 10 heteroatoms. The van der Waals surface area contributed by atoms with Gasteiger partial charge in [-0.05, 0) is 30.7 Å². The van der Waals surface area contributed by atoms with E-state index < -0.39 is 23.4 Å². The van der Waals surface area contributed by atoms with Crippen LogP contribution in [0.3, 0.4) is 0 Å². The predicted octanol–water partition coefficient (Wildman–Crippen LogP) is 2.15. The van der Waals surface area contributed by atoms with Crippen molar-refractivity contribution in [1.29, 1.82) is 0 Å². The second-order valence-electron chi connectivity index (χ2n) is 5.68. The summed E-state index contributed by atoms with van der Waals surface area (Å²) in [6, 6.07) is 10.7. The summed E-state index contributed by atoms with van der Waals surface area (Å²) in [5.74, 6) is -1.02. The third-order valence-corrected chi connectivity index (χ3v) is 3.56. The Hall–Kier alpha value is -3.95. The highest BCUT2D eigenvalue weighted by Gasteiger charge is 2.15. The summed E-state index contributed by atoms with van der Waals surface area (Å²) < 4.78 is 10.6. The number of nitro benzene ring substituents is 1. The summed E-state index contributed by atoms with van der Waals surface area (Å²) in [5.41, 5.74) is 3.03. The van der Waals surface area contributed by atoms with Crippen molar-refractivity contribution in [3.63, 3.8) is 0 Å². The van der Waals surface area contributed by atoms with Gasteiger partial charge in [-0.1, -0.05) is 18.2 Å². The fourth-order valence-corrected chi connectivity index (χ4v) is 2.36. The number of carbonyl (C=O) groups is 2. The minimum absolute atomic E-state index is 0.134. The fraction of sp³-hybridized carbons (Fsp3) is 0.211. The third kappa shape index (κ3) is 6.61. The van der Waals surface area contributed by atoms with Crippen LogP contribution in [0, 0.1) is 10.1 Å². The Morgan fingerprint density at radius 1 is 1.21 bits per heavy atom. The molecule has 0 aliphatic rings. The summed E-state index contributed by atoms with van der Waals surface area (Å²) in [4.78, 5) is 33.1. The van der Waals surface area contributed by atoms with Gasteiger partial charge in [0.05, 0.1) is 24.2 Å². The second kappa shape index (κ2) is 10.4. The molecule has 0 saturated carbocycles. The number of carbonyl (C=O) groups excluding carboxylic acids is 1. The lowest BCUT2D eigenvalue weighted by Crippen LogP contribution is -2.20. The zero-order valence-corrected chi connectivity index (χ0v) is 15.5. The fourth-order valence-electron chi connectivity index (χ4n) is 2.36. The zero-order chi connectivity index (χ0) is 21.2. The molecule has 0 atom stereocenters. The van der Waals surface area contributed by atoms with E-state index in [9.17, 15) is 19.7 Å². The average Bonchev–Trinajstić information content (AvgIpc) is 2.67. The van der Waals surface area contributed by atoms with Gasteiger partial charge in [0.2, 0.25) is 5.91 Å². The van der Waals surface area contributed by atoms with Crippen molar-refractivity contribution in [2.75, 3.05) is 13.2 Å². The minimum Gasteiger partial charge on any atom is -0.490 e.